The van der Waals surface area contributed by atoms with Gasteiger partial charge in [-0.1, -0.05) is 22.9 Å². The first kappa shape index (κ1) is 16.2. The third-order valence-corrected chi connectivity index (χ3v) is 4.95. The van der Waals surface area contributed by atoms with Crippen molar-refractivity contribution in [2.24, 2.45) is 4.36 Å². The predicted octanol–water partition coefficient (Wildman–Crippen LogP) is 4.23. The number of carbonyl (C=O) groups is 1. The molecule has 19 heavy (non-hydrogen) atoms. The zero-order valence-corrected chi connectivity index (χ0v) is 13.9. The molecule has 0 heterocycles. The standard InChI is InChI=1S/C13H18BrNO3S/c1-5-19(17,11-8-6-10(14)7-9-11)15-12(16)18-13(2,3)4/h6-9H,5H2,1-4H3/t19-/m1/s1. The summed E-state index contributed by atoms with van der Waals surface area (Å²) in [6, 6.07) is 6.94. The van der Waals surface area contributed by atoms with Gasteiger partial charge in [-0.3, -0.25) is 0 Å². The van der Waals surface area contributed by atoms with Gasteiger partial charge in [0.05, 0.1) is 9.73 Å². The number of nitrogens with zero attached hydrogens (tertiary/aromatic N) is 1. The molecule has 106 valence electrons. The number of ether oxygens (including phenoxy) is 1. The average Bonchev–Trinajstić information content (AvgIpc) is 2.26. The second kappa shape index (κ2) is 6.05. The molecule has 6 heteroatoms. The number of rotatable bonds is 2. The second-order valence-corrected chi connectivity index (χ2v) is 8.38. The van der Waals surface area contributed by atoms with Crippen LogP contribution in [-0.2, 0) is 14.5 Å². The molecule has 0 aromatic heterocycles. The van der Waals surface area contributed by atoms with Gasteiger partial charge >= 0.3 is 6.09 Å². The van der Waals surface area contributed by atoms with Crippen molar-refractivity contribution in [2.75, 3.05) is 5.75 Å². The molecule has 0 saturated heterocycles. The van der Waals surface area contributed by atoms with Crippen molar-refractivity contribution in [1.82, 2.24) is 0 Å². The number of carbonyl (C=O) groups excluding carboxylic acids is 1. The Balaban J connectivity index is 3.14. The van der Waals surface area contributed by atoms with E-state index in [1.54, 1.807) is 52.0 Å². The summed E-state index contributed by atoms with van der Waals surface area (Å²) in [6.45, 7) is 6.97. The minimum Gasteiger partial charge on any atom is -0.442 e. The lowest BCUT2D eigenvalue weighted by molar-refractivity contribution is 0.0607. The lowest BCUT2D eigenvalue weighted by atomic mass is 10.2. The van der Waals surface area contributed by atoms with Crippen molar-refractivity contribution in [2.45, 2.75) is 38.2 Å². The first-order valence-corrected chi connectivity index (χ1v) is 8.37. The number of halogens is 1. The zero-order chi connectivity index (χ0) is 14.7. The van der Waals surface area contributed by atoms with Gasteiger partial charge in [-0.05, 0) is 45.0 Å². The third kappa shape index (κ3) is 4.95. The summed E-state index contributed by atoms with van der Waals surface area (Å²) in [7, 11) is -2.76. The topological polar surface area (TPSA) is 55.7 Å². The molecule has 1 rings (SSSR count). The predicted molar refractivity (Wildman–Crippen MR) is 79.8 cm³/mol. The fourth-order valence-corrected chi connectivity index (χ4v) is 3.00. The Kier molecular flexibility index (Phi) is 5.15. The quantitative estimate of drug-likeness (QED) is 0.804. The molecule has 0 spiro atoms. The molecule has 4 nitrogen and oxygen atoms in total. The van der Waals surface area contributed by atoms with Gasteiger partial charge in [-0.25, -0.2) is 9.00 Å². The fourth-order valence-electron chi connectivity index (χ4n) is 1.33. The summed E-state index contributed by atoms with van der Waals surface area (Å²) in [5.74, 6) is 0.258. The van der Waals surface area contributed by atoms with Crippen LogP contribution in [0.3, 0.4) is 0 Å². The SMILES string of the molecule is CC[S@](=O)(=NC(=O)OC(C)(C)C)c1ccc(Br)cc1. The largest absolute Gasteiger partial charge is 0.442 e. The summed E-state index contributed by atoms with van der Waals surface area (Å²) in [5, 5.41) is 0. The Morgan fingerprint density at radius 3 is 2.26 bits per heavy atom. The summed E-state index contributed by atoms with van der Waals surface area (Å²) in [5.41, 5.74) is -0.644. The molecule has 1 aromatic rings. The summed E-state index contributed by atoms with van der Waals surface area (Å²) in [6.07, 6.45) is -0.790. The van der Waals surface area contributed by atoms with Crippen molar-refractivity contribution in [3.8, 4) is 0 Å². The van der Waals surface area contributed by atoms with E-state index in [0.29, 0.717) is 4.90 Å². The van der Waals surface area contributed by atoms with Crippen molar-refractivity contribution in [3.05, 3.63) is 28.7 Å². The Labute approximate surface area is 122 Å². The van der Waals surface area contributed by atoms with Gasteiger partial charge in [0.15, 0.2) is 0 Å². The van der Waals surface area contributed by atoms with E-state index in [4.69, 9.17) is 4.74 Å². The Hall–Kier alpha value is -0.880. The van der Waals surface area contributed by atoms with E-state index in [0.717, 1.165) is 4.47 Å². The van der Waals surface area contributed by atoms with E-state index in [1.165, 1.54) is 0 Å². The monoisotopic (exact) mass is 347 g/mol. The van der Waals surface area contributed by atoms with Gasteiger partial charge in [-0.15, -0.1) is 4.36 Å². The highest BCUT2D eigenvalue weighted by Gasteiger charge is 2.19. The van der Waals surface area contributed by atoms with Gasteiger partial charge in [0, 0.05) is 15.1 Å². The van der Waals surface area contributed by atoms with Gasteiger partial charge in [0.25, 0.3) is 0 Å². The van der Waals surface area contributed by atoms with Crippen molar-refractivity contribution >= 4 is 31.8 Å². The van der Waals surface area contributed by atoms with Crippen LogP contribution < -0.4 is 0 Å². The molecule has 1 aromatic carbocycles. The molecule has 0 saturated carbocycles. The fraction of sp³-hybridized carbons (Fsp3) is 0.462. The third-order valence-electron chi connectivity index (χ3n) is 2.19. The first-order valence-electron chi connectivity index (χ1n) is 5.90. The maximum atomic E-state index is 12.7. The molecule has 0 aliphatic rings. The smallest absolute Gasteiger partial charge is 0.442 e. The highest BCUT2D eigenvalue weighted by molar-refractivity contribution is 9.10. The van der Waals surface area contributed by atoms with Crippen LogP contribution in [0.15, 0.2) is 38.0 Å². The maximum absolute atomic E-state index is 12.7. The second-order valence-electron chi connectivity index (χ2n) is 4.95. The summed E-state index contributed by atoms with van der Waals surface area (Å²) in [4.78, 5) is 12.2. The Morgan fingerprint density at radius 2 is 1.84 bits per heavy atom. The van der Waals surface area contributed by atoms with Crippen molar-refractivity contribution in [3.63, 3.8) is 0 Å². The molecule has 1 amide bonds. The number of hydrogen-bond acceptors (Lipinski definition) is 3. The van der Waals surface area contributed by atoms with E-state index in [-0.39, 0.29) is 5.75 Å². The maximum Gasteiger partial charge on any atom is 0.442 e. The zero-order valence-electron chi connectivity index (χ0n) is 11.5. The molecule has 0 aliphatic carbocycles. The minimum absolute atomic E-state index is 0.258. The lowest BCUT2D eigenvalue weighted by Crippen LogP contribution is -2.23. The van der Waals surface area contributed by atoms with Crippen LogP contribution in [0.5, 0.6) is 0 Å². The molecular formula is C13H18BrNO3S. The number of benzene rings is 1. The molecule has 0 bridgehead atoms. The van der Waals surface area contributed by atoms with E-state index in [9.17, 15) is 9.00 Å². The van der Waals surface area contributed by atoms with E-state index in [1.807, 2.05) is 0 Å². The molecule has 1 atom stereocenters. The molecule has 0 radical (unpaired) electrons. The van der Waals surface area contributed by atoms with Crippen LogP contribution in [0.4, 0.5) is 4.79 Å². The summed E-state index contributed by atoms with van der Waals surface area (Å²) < 4.78 is 22.4. The average molecular weight is 348 g/mol. The minimum atomic E-state index is -2.76. The van der Waals surface area contributed by atoms with Gasteiger partial charge in [0.2, 0.25) is 0 Å². The molecule has 0 fully saturated rings. The van der Waals surface area contributed by atoms with Crippen LogP contribution in [0.25, 0.3) is 0 Å². The highest BCUT2D eigenvalue weighted by Crippen LogP contribution is 2.19. The number of amides is 1. The van der Waals surface area contributed by atoms with Crippen LogP contribution in [0.2, 0.25) is 0 Å². The number of hydrogen-bond donors (Lipinski definition) is 0. The van der Waals surface area contributed by atoms with E-state index >= 15 is 0 Å². The normalized spacial score (nSPS) is 14.6. The molecular weight excluding hydrogens is 330 g/mol. The van der Waals surface area contributed by atoms with Gasteiger partial charge < -0.3 is 4.74 Å². The highest BCUT2D eigenvalue weighted by atomic mass is 79.9. The van der Waals surface area contributed by atoms with Crippen LogP contribution >= 0.6 is 15.9 Å². The van der Waals surface area contributed by atoms with Crippen LogP contribution in [0.1, 0.15) is 27.7 Å². The van der Waals surface area contributed by atoms with E-state index < -0.39 is 21.4 Å². The molecule has 0 N–H and O–H groups in total. The van der Waals surface area contributed by atoms with Crippen molar-refractivity contribution in [1.29, 1.82) is 0 Å². The Morgan fingerprint density at radius 1 is 1.32 bits per heavy atom. The van der Waals surface area contributed by atoms with Crippen molar-refractivity contribution < 1.29 is 13.7 Å². The molecule has 0 aliphatic heterocycles. The summed E-state index contributed by atoms with van der Waals surface area (Å²) >= 11 is 3.31. The van der Waals surface area contributed by atoms with Crippen LogP contribution in [-0.4, -0.2) is 21.7 Å². The first-order chi connectivity index (χ1) is 8.66. The molecule has 0 unspecified atom stereocenters. The van der Waals surface area contributed by atoms with E-state index in [2.05, 4.69) is 20.3 Å². The van der Waals surface area contributed by atoms with Gasteiger partial charge in [0.1, 0.15) is 5.60 Å². The Bertz CT molecular complexity index is 567. The van der Waals surface area contributed by atoms with Gasteiger partial charge in [-0.2, -0.15) is 0 Å². The van der Waals surface area contributed by atoms with Crippen LogP contribution in [0, 0.1) is 0 Å². The lowest BCUT2D eigenvalue weighted by Gasteiger charge is -2.18.